The Labute approximate surface area is 249 Å². The minimum atomic E-state index is -0.139. The van der Waals surface area contributed by atoms with Gasteiger partial charge in [0.05, 0.1) is 41.8 Å². The standard InChI is InChI=1S/C17H15ClN2O.C17H16N2O2/c1-10-7-8-12-13(9-10)19-17(20-16(12)18)15-11(2)5-4-6-14(15)21-3;1-10-7-8-12-13(9-10)18-16(19-17(12)20)15-11(2)5-4-6-14(15)21-3/h4-9H,1-3H3;4-9H,1-3H3,(H,18,19,20). The monoisotopic (exact) mass is 578 g/mol. The van der Waals surface area contributed by atoms with E-state index in [0.29, 0.717) is 33.5 Å². The van der Waals surface area contributed by atoms with Gasteiger partial charge in [-0.25, -0.2) is 15.0 Å². The van der Waals surface area contributed by atoms with Crippen LogP contribution < -0.4 is 15.0 Å². The molecule has 7 nitrogen and oxygen atoms in total. The van der Waals surface area contributed by atoms with Gasteiger partial charge in [-0.2, -0.15) is 0 Å². The zero-order chi connectivity index (χ0) is 30.0. The summed E-state index contributed by atoms with van der Waals surface area (Å²) >= 11 is 6.32. The number of benzene rings is 4. The molecule has 0 saturated heterocycles. The maximum Gasteiger partial charge on any atom is 0.259 e. The van der Waals surface area contributed by atoms with Crippen LogP contribution in [0.5, 0.6) is 11.5 Å². The van der Waals surface area contributed by atoms with Gasteiger partial charge in [0.2, 0.25) is 0 Å². The number of hydrogen-bond acceptors (Lipinski definition) is 6. The third-order valence-electron chi connectivity index (χ3n) is 7.04. The molecule has 0 amide bonds. The van der Waals surface area contributed by atoms with Gasteiger partial charge >= 0.3 is 0 Å². The average Bonchev–Trinajstić information content (AvgIpc) is 2.96. The number of hydrogen-bond donors (Lipinski definition) is 1. The Morgan fingerprint density at radius 2 is 1.21 bits per heavy atom. The topological polar surface area (TPSA) is 90.0 Å². The lowest BCUT2D eigenvalue weighted by atomic mass is 10.1. The first-order valence-electron chi connectivity index (χ1n) is 13.4. The zero-order valence-corrected chi connectivity index (χ0v) is 25.1. The Bertz CT molecular complexity index is 2000. The number of rotatable bonds is 4. The van der Waals surface area contributed by atoms with Crippen molar-refractivity contribution in [2.24, 2.45) is 0 Å². The van der Waals surface area contributed by atoms with Gasteiger partial charge in [-0.15, -0.1) is 0 Å². The molecular formula is C34H31ClN4O3. The molecule has 0 radical (unpaired) electrons. The van der Waals surface area contributed by atoms with Crippen molar-refractivity contribution in [3.63, 3.8) is 0 Å². The van der Waals surface area contributed by atoms with Crippen molar-refractivity contribution in [1.82, 2.24) is 19.9 Å². The van der Waals surface area contributed by atoms with Crippen molar-refractivity contribution in [2.45, 2.75) is 27.7 Å². The molecule has 0 bridgehead atoms. The molecule has 6 rings (SSSR count). The van der Waals surface area contributed by atoms with Crippen molar-refractivity contribution in [3.05, 3.63) is 111 Å². The van der Waals surface area contributed by atoms with Crippen molar-refractivity contribution in [2.75, 3.05) is 14.2 Å². The summed E-state index contributed by atoms with van der Waals surface area (Å²) in [6, 6.07) is 23.2. The summed E-state index contributed by atoms with van der Waals surface area (Å²) in [6.07, 6.45) is 0. The van der Waals surface area contributed by atoms with Gasteiger partial charge in [0, 0.05) is 5.39 Å². The average molecular weight is 579 g/mol. The summed E-state index contributed by atoms with van der Waals surface area (Å²) in [4.78, 5) is 28.8. The fraction of sp³-hybridized carbons (Fsp3) is 0.176. The number of aromatic amines is 1. The number of methoxy groups -OCH3 is 2. The number of aryl methyl sites for hydroxylation is 4. The molecule has 0 aliphatic rings. The van der Waals surface area contributed by atoms with E-state index in [2.05, 4.69) is 19.9 Å². The van der Waals surface area contributed by atoms with E-state index in [9.17, 15) is 4.79 Å². The molecule has 212 valence electrons. The molecule has 0 fully saturated rings. The second-order valence-electron chi connectivity index (χ2n) is 10.1. The summed E-state index contributed by atoms with van der Waals surface area (Å²) in [6.45, 7) is 7.99. The van der Waals surface area contributed by atoms with E-state index < -0.39 is 0 Å². The van der Waals surface area contributed by atoms with E-state index in [-0.39, 0.29) is 5.56 Å². The Hall–Kier alpha value is -4.75. The van der Waals surface area contributed by atoms with Gasteiger partial charge in [-0.3, -0.25) is 4.79 Å². The Balaban J connectivity index is 0.000000168. The fourth-order valence-electron chi connectivity index (χ4n) is 4.89. The van der Waals surface area contributed by atoms with E-state index in [0.717, 1.165) is 50.0 Å². The Morgan fingerprint density at radius 1 is 0.667 bits per heavy atom. The normalized spacial score (nSPS) is 10.8. The molecule has 0 saturated carbocycles. The number of aromatic nitrogens is 4. The second kappa shape index (κ2) is 12.0. The van der Waals surface area contributed by atoms with Crippen LogP contribution in [0.2, 0.25) is 5.15 Å². The van der Waals surface area contributed by atoms with E-state index in [4.69, 9.17) is 21.1 Å². The van der Waals surface area contributed by atoms with Gasteiger partial charge in [-0.1, -0.05) is 48.0 Å². The van der Waals surface area contributed by atoms with Gasteiger partial charge < -0.3 is 14.5 Å². The van der Waals surface area contributed by atoms with E-state index >= 15 is 0 Å². The van der Waals surface area contributed by atoms with Gasteiger partial charge in [0.15, 0.2) is 5.82 Å². The molecule has 0 atom stereocenters. The minimum absolute atomic E-state index is 0.139. The highest BCUT2D eigenvalue weighted by Gasteiger charge is 2.15. The molecule has 1 N–H and O–H groups in total. The molecule has 42 heavy (non-hydrogen) atoms. The quantitative estimate of drug-likeness (QED) is 0.215. The first-order valence-corrected chi connectivity index (χ1v) is 13.8. The lowest BCUT2D eigenvalue weighted by Gasteiger charge is -2.11. The van der Waals surface area contributed by atoms with Crippen LogP contribution >= 0.6 is 11.6 Å². The number of fused-ring (bicyclic) bond motifs is 2. The molecule has 0 aliphatic carbocycles. The minimum Gasteiger partial charge on any atom is -0.496 e. The third-order valence-corrected chi connectivity index (χ3v) is 7.33. The van der Waals surface area contributed by atoms with Crippen molar-refractivity contribution < 1.29 is 9.47 Å². The summed E-state index contributed by atoms with van der Waals surface area (Å²) in [7, 11) is 3.26. The maximum absolute atomic E-state index is 12.3. The van der Waals surface area contributed by atoms with Gasteiger partial charge in [-0.05, 0) is 86.3 Å². The highest BCUT2D eigenvalue weighted by Crippen LogP contribution is 2.34. The fourth-order valence-corrected chi connectivity index (χ4v) is 5.13. The van der Waals surface area contributed by atoms with Crippen LogP contribution in [0.25, 0.3) is 44.6 Å². The smallest absolute Gasteiger partial charge is 0.259 e. The SMILES string of the molecule is COc1cccc(C)c1-c1nc(Cl)c2ccc(C)cc2n1.COc1cccc(C)c1-c1nc2cc(C)ccc2c(=O)[nH]1. The molecule has 0 spiro atoms. The van der Waals surface area contributed by atoms with Crippen LogP contribution in [0.15, 0.2) is 77.6 Å². The van der Waals surface area contributed by atoms with Gasteiger partial charge in [0.1, 0.15) is 22.5 Å². The van der Waals surface area contributed by atoms with Crippen molar-refractivity contribution >= 4 is 33.4 Å². The highest BCUT2D eigenvalue weighted by atomic mass is 35.5. The largest absolute Gasteiger partial charge is 0.496 e. The lowest BCUT2D eigenvalue weighted by Crippen LogP contribution is -2.10. The number of nitrogens with zero attached hydrogens (tertiary/aromatic N) is 3. The summed E-state index contributed by atoms with van der Waals surface area (Å²) in [5, 5.41) is 1.91. The van der Waals surface area contributed by atoms with Crippen LogP contribution in [-0.2, 0) is 0 Å². The number of ether oxygens (including phenoxy) is 2. The van der Waals surface area contributed by atoms with Crippen LogP contribution in [0.4, 0.5) is 0 Å². The first-order chi connectivity index (χ1) is 20.2. The number of H-pyrrole nitrogens is 1. The lowest BCUT2D eigenvalue weighted by molar-refractivity contribution is 0.415. The first kappa shape index (κ1) is 28.8. The van der Waals surface area contributed by atoms with Crippen LogP contribution in [-0.4, -0.2) is 34.2 Å². The molecule has 4 aromatic carbocycles. The molecule has 6 aromatic rings. The number of halogens is 1. The Kier molecular flexibility index (Phi) is 8.22. The molecular weight excluding hydrogens is 548 g/mol. The summed E-state index contributed by atoms with van der Waals surface area (Å²) < 4.78 is 10.8. The molecule has 2 heterocycles. The molecule has 2 aromatic heterocycles. The van der Waals surface area contributed by atoms with Crippen LogP contribution in [0.3, 0.4) is 0 Å². The van der Waals surface area contributed by atoms with E-state index in [1.807, 2.05) is 94.4 Å². The predicted molar refractivity (Wildman–Crippen MR) is 170 cm³/mol. The highest BCUT2D eigenvalue weighted by molar-refractivity contribution is 6.34. The molecule has 8 heteroatoms. The number of nitrogens with one attached hydrogen (secondary N) is 1. The van der Waals surface area contributed by atoms with E-state index in [1.165, 1.54) is 0 Å². The zero-order valence-electron chi connectivity index (χ0n) is 24.4. The van der Waals surface area contributed by atoms with Crippen molar-refractivity contribution in [3.8, 4) is 34.3 Å². The molecule has 0 aliphatic heterocycles. The maximum atomic E-state index is 12.3. The summed E-state index contributed by atoms with van der Waals surface area (Å²) in [5.41, 5.74) is 7.37. The van der Waals surface area contributed by atoms with Crippen LogP contribution in [0.1, 0.15) is 22.3 Å². The summed E-state index contributed by atoms with van der Waals surface area (Å²) in [5.74, 6) is 2.57. The third kappa shape index (κ3) is 5.69. The predicted octanol–water partition coefficient (Wildman–Crippen LogP) is 7.79. The van der Waals surface area contributed by atoms with Crippen LogP contribution in [0, 0.1) is 27.7 Å². The van der Waals surface area contributed by atoms with E-state index in [1.54, 1.807) is 20.3 Å². The molecule has 0 unspecified atom stereocenters. The Morgan fingerprint density at radius 3 is 1.83 bits per heavy atom. The van der Waals surface area contributed by atoms with Crippen molar-refractivity contribution in [1.29, 1.82) is 0 Å². The van der Waals surface area contributed by atoms with Gasteiger partial charge in [0.25, 0.3) is 5.56 Å². The second-order valence-corrected chi connectivity index (χ2v) is 10.5.